The number of amides is 2. The first-order valence-corrected chi connectivity index (χ1v) is 14.2. The summed E-state index contributed by atoms with van der Waals surface area (Å²) in [5.41, 5.74) is 2.92. The molecule has 2 aromatic carbocycles. The highest BCUT2D eigenvalue weighted by Crippen LogP contribution is 2.34. The lowest BCUT2D eigenvalue weighted by Gasteiger charge is -2.38. The second-order valence-corrected chi connectivity index (χ2v) is 11.1. The fourth-order valence-corrected chi connectivity index (χ4v) is 5.73. The number of ether oxygens (including phenoxy) is 2. The highest BCUT2D eigenvalue weighted by Gasteiger charge is 2.34. The lowest BCUT2D eigenvalue weighted by atomic mass is 10.00. The minimum Gasteiger partial charge on any atom is -0.497 e. The van der Waals surface area contributed by atoms with Crippen molar-refractivity contribution in [3.8, 4) is 11.5 Å². The maximum atomic E-state index is 13.8. The zero-order valence-electron chi connectivity index (χ0n) is 23.0. The molecule has 1 aliphatic rings. The molecule has 1 aliphatic heterocycles. The molecule has 0 N–H and O–H groups in total. The second kappa shape index (κ2) is 12.5. The predicted octanol–water partition coefficient (Wildman–Crippen LogP) is 6.33. The fourth-order valence-electron chi connectivity index (χ4n) is 4.81. The molecule has 38 heavy (non-hydrogen) atoms. The molecule has 202 valence electrons. The topological polar surface area (TPSA) is 59.1 Å². The van der Waals surface area contributed by atoms with Crippen molar-refractivity contribution in [1.29, 1.82) is 0 Å². The first kappa shape index (κ1) is 27.7. The monoisotopic (exact) mass is 534 g/mol. The Morgan fingerprint density at radius 3 is 2.53 bits per heavy atom. The van der Waals surface area contributed by atoms with Crippen molar-refractivity contribution < 1.29 is 19.1 Å². The number of methoxy groups -OCH3 is 1. The molecule has 2 heterocycles. The molecule has 0 aliphatic carbocycles. The van der Waals surface area contributed by atoms with Crippen molar-refractivity contribution in [3.63, 3.8) is 0 Å². The van der Waals surface area contributed by atoms with Crippen LogP contribution in [-0.4, -0.2) is 54.5 Å². The molecule has 2 atom stereocenters. The summed E-state index contributed by atoms with van der Waals surface area (Å²) in [7, 11) is 1.58. The van der Waals surface area contributed by atoms with E-state index in [0.717, 1.165) is 24.2 Å². The van der Waals surface area contributed by atoms with E-state index in [4.69, 9.17) is 9.47 Å². The standard InChI is InChI=1S/C31H38N2O4S/c1-6-22(4)33(31(35)24-8-7-9-26(18-24)36-5)19-30(34)32-16-14-29-27(15-17-38-29)28(32)20-37-25-12-10-23(11-13-25)21(2)3/h7-13,15,17-18,21-22,28H,6,14,16,19-20H2,1-5H3/t22-,28+/m1/s1. The largest absolute Gasteiger partial charge is 0.497 e. The van der Waals surface area contributed by atoms with Gasteiger partial charge in [-0.2, -0.15) is 0 Å². The van der Waals surface area contributed by atoms with E-state index in [1.54, 1.807) is 41.5 Å². The minimum absolute atomic E-state index is 0.0180. The number of nitrogens with zero attached hydrogens (tertiary/aromatic N) is 2. The molecule has 1 aromatic heterocycles. The van der Waals surface area contributed by atoms with Gasteiger partial charge in [-0.05, 0) is 78.6 Å². The van der Waals surface area contributed by atoms with E-state index in [9.17, 15) is 9.59 Å². The van der Waals surface area contributed by atoms with Gasteiger partial charge in [0.15, 0.2) is 0 Å². The van der Waals surface area contributed by atoms with Crippen molar-refractivity contribution in [2.24, 2.45) is 0 Å². The normalized spacial score (nSPS) is 15.6. The lowest BCUT2D eigenvalue weighted by Crippen LogP contribution is -2.49. The van der Waals surface area contributed by atoms with Crippen LogP contribution in [0.4, 0.5) is 0 Å². The van der Waals surface area contributed by atoms with Crippen LogP contribution < -0.4 is 9.47 Å². The Balaban J connectivity index is 1.53. The van der Waals surface area contributed by atoms with Crippen LogP contribution in [0.5, 0.6) is 11.5 Å². The summed E-state index contributed by atoms with van der Waals surface area (Å²) in [6.45, 7) is 9.34. The molecule has 0 spiro atoms. The molecule has 6 nitrogen and oxygen atoms in total. The van der Waals surface area contributed by atoms with Crippen LogP contribution in [0.1, 0.15) is 72.4 Å². The van der Waals surface area contributed by atoms with Gasteiger partial charge in [-0.1, -0.05) is 39.0 Å². The first-order chi connectivity index (χ1) is 18.3. The van der Waals surface area contributed by atoms with Gasteiger partial charge in [0, 0.05) is 23.0 Å². The molecule has 0 fully saturated rings. The fraction of sp³-hybridized carbons (Fsp3) is 0.419. The Hall–Kier alpha value is -3.32. The molecular formula is C31H38N2O4S. The molecular weight excluding hydrogens is 496 g/mol. The third-order valence-corrected chi connectivity index (χ3v) is 8.37. The third-order valence-electron chi connectivity index (χ3n) is 7.38. The highest BCUT2D eigenvalue weighted by atomic mass is 32.1. The summed E-state index contributed by atoms with van der Waals surface area (Å²) < 4.78 is 11.5. The van der Waals surface area contributed by atoms with E-state index >= 15 is 0 Å². The van der Waals surface area contributed by atoms with Gasteiger partial charge in [0.2, 0.25) is 5.91 Å². The van der Waals surface area contributed by atoms with Gasteiger partial charge < -0.3 is 19.3 Å². The number of hydrogen-bond acceptors (Lipinski definition) is 5. The number of hydrogen-bond donors (Lipinski definition) is 0. The first-order valence-electron chi connectivity index (χ1n) is 13.4. The zero-order chi connectivity index (χ0) is 27.2. The smallest absolute Gasteiger partial charge is 0.254 e. The van der Waals surface area contributed by atoms with Crippen molar-refractivity contribution >= 4 is 23.2 Å². The van der Waals surface area contributed by atoms with Crippen molar-refractivity contribution in [1.82, 2.24) is 9.80 Å². The molecule has 0 radical (unpaired) electrons. The Labute approximate surface area is 230 Å². The van der Waals surface area contributed by atoms with E-state index < -0.39 is 0 Å². The SMILES string of the molecule is CC[C@@H](C)N(CC(=O)N1CCc2sccc2[C@@H]1COc1ccc(C(C)C)cc1)C(=O)c1cccc(OC)c1. The maximum absolute atomic E-state index is 13.8. The molecule has 0 saturated heterocycles. The molecule has 2 amide bonds. The van der Waals surface area contributed by atoms with Crippen LogP contribution in [-0.2, 0) is 11.2 Å². The van der Waals surface area contributed by atoms with E-state index in [1.807, 2.05) is 36.9 Å². The quantitative estimate of drug-likeness (QED) is 0.305. The van der Waals surface area contributed by atoms with Crippen LogP contribution >= 0.6 is 11.3 Å². The lowest BCUT2D eigenvalue weighted by molar-refractivity contribution is -0.136. The summed E-state index contributed by atoms with van der Waals surface area (Å²) in [6, 6.07) is 17.1. The Kier molecular flexibility index (Phi) is 9.10. The number of rotatable bonds is 10. The van der Waals surface area contributed by atoms with Crippen LogP contribution in [0.2, 0.25) is 0 Å². The summed E-state index contributed by atoms with van der Waals surface area (Å²) in [4.78, 5) is 32.2. The third kappa shape index (κ3) is 6.21. The van der Waals surface area contributed by atoms with Gasteiger partial charge >= 0.3 is 0 Å². The summed E-state index contributed by atoms with van der Waals surface area (Å²) in [6.07, 6.45) is 1.56. The number of carbonyl (C=O) groups is 2. The summed E-state index contributed by atoms with van der Waals surface area (Å²) >= 11 is 1.73. The van der Waals surface area contributed by atoms with Gasteiger partial charge in [-0.25, -0.2) is 0 Å². The second-order valence-electron chi connectivity index (χ2n) is 10.1. The number of benzene rings is 2. The average Bonchev–Trinajstić information content (AvgIpc) is 3.43. The van der Waals surface area contributed by atoms with Crippen molar-refractivity contribution in [3.05, 3.63) is 81.5 Å². The van der Waals surface area contributed by atoms with Crippen LogP contribution in [0.3, 0.4) is 0 Å². The number of carbonyl (C=O) groups excluding carboxylic acids is 2. The summed E-state index contributed by atoms with van der Waals surface area (Å²) in [5, 5.41) is 2.08. The molecule has 0 saturated carbocycles. The molecule has 7 heteroatoms. The summed E-state index contributed by atoms with van der Waals surface area (Å²) in [5.74, 6) is 1.63. The van der Waals surface area contributed by atoms with Gasteiger partial charge in [-0.15, -0.1) is 11.3 Å². The van der Waals surface area contributed by atoms with Gasteiger partial charge in [-0.3, -0.25) is 9.59 Å². The van der Waals surface area contributed by atoms with Crippen molar-refractivity contribution in [2.45, 2.75) is 58.5 Å². The van der Waals surface area contributed by atoms with Crippen LogP contribution in [0.15, 0.2) is 60.0 Å². The Bertz CT molecular complexity index is 1240. The van der Waals surface area contributed by atoms with E-state index in [1.165, 1.54) is 10.4 Å². The zero-order valence-corrected chi connectivity index (χ0v) is 23.8. The Morgan fingerprint density at radius 1 is 1.08 bits per heavy atom. The molecule has 0 unspecified atom stereocenters. The molecule has 4 rings (SSSR count). The molecule has 0 bridgehead atoms. The van der Waals surface area contributed by atoms with Crippen LogP contribution in [0.25, 0.3) is 0 Å². The van der Waals surface area contributed by atoms with Gasteiger partial charge in [0.25, 0.3) is 5.91 Å². The molecule has 3 aromatic rings. The van der Waals surface area contributed by atoms with Gasteiger partial charge in [0.05, 0.1) is 13.2 Å². The van der Waals surface area contributed by atoms with E-state index in [0.29, 0.717) is 30.4 Å². The minimum atomic E-state index is -0.201. The Morgan fingerprint density at radius 2 is 1.84 bits per heavy atom. The average molecular weight is 535 g/mol. The van der Waals surface area contributed by atoms with Gasteiger partial charge in [0.1, 0.15) is 24.7 Å². The highest BCUT2D eigenvalue weighted by molar-refractivity contribution is 7.10. The van der Waals surface area contributed by atoms with E-state index in [2.05, 4.69) is 37.4 Å². The number of thiophene rings is 1. The van der Waals surface area contributed by atoms with E-state index in [-0.39, 0.29) is 30.4 Å². The van der Waals surface area contributed by atoms with Crippen LogP contribution in [0, 0.1) is 0 Å². The maximum Gasteiger partial charge on any atom is 0.254 e. The number of fused-ring (bicyclic) bond motifs is 1. The van der Waals surface area contributed by atoms with Crippen molar-refractivity contribution in [2.75, 3.05) is 26.8 Å². The predicted molar refractivity (Wildman–Crippen MR) is 152 cm³/mol.